The van der Waals surface area contributed by atoms with Crippen molar-refractivity contribution >= 4 is 21.9 Å². The van der Waals surface area contributed by atoms with E-state index in [0.717, 1.165) is 59.2 Å². The van der Waals surface area contributed by atoms with Gasteiger partial charge in [0, 0.05) is 37.9 Å². The van der Waals surface area contributed by atoms with Crippen LogP contribution >= 0.6 is 15.9 Å². The van der Waals surface area contributed by atoms with Crippen LogP contribution in [-0.2, 0) is 0 Å². The van der Waals surface area contributed by atoms with Crippen molar-refractivity contribution in [3.8, 4) is 16.9 Å². The number of aryl methyl sites for hydroxylation is 1. The summed E-state index contributed by atoms with van der Waals surface area (Å²) < 4.78 is 2.69. The molecule has 1 saturated heterocycles. The lowest BCUT2D eigenvalue weighted by molar-refractivity contribution is 0.311. The number of hydrogen-bond acceptors (Lipinski definition) is 5. The van der Waals surface area contributed by atoms with Crippen LogP contribution in [0.1, 0.15) is 5.69 Å². The van der Waals surface area contributed by atoms with Gasteiger partial charge in [-0.05, 0) is 35.5 Å². The molecule has 3 heterocycles. The molecule has 0 bridgehead atoms. The molecule has 134 valence electrons. The van der Waals surface area contributed by atoms with E-state index < -0.39 is 0 Å². The minimum atomic E-state index is 0.769. The maximum absolute atomic E-state index is 4.81. The number of rotatable bonds is 3. The number of anilines is 1. The lowest BCUT2D eigenvalue weighted by atomic mass is 10.1. The standard InChI is InChI=1S/C19H21BrN6/c1-14-17(20)18(23-19(22-14)25-10-8-24(2)9-11-25)26-13-16(12-21-26)15-6-4-3-5-7-15/h3-7,12-13H,8-11H2,1-2H3. The van der Waals surface area contributed by atoms with Crippen LogP contribution in [0.15, 0.2) is 47.2 Å². The van der Waals surface area contributed by atoms with Gasteiger partial charge in [0.1, 0.15) is 0 Å². The highest BCUT2D eigenvalue weighted by atomic mass is 79.9. The first-order valence-electron chi connectivity index (χ1n) is 8.70. The van der Waals surface area contributed by atoms with Crippen LogP contribution < -0.4 is 4.90 Å². The molecule has 6 nitrogen and oxygen atoms in total. The molecule has 7 heteroatoms. The highest BCUT2D eigenvalue weighted by Crippen LogP contribution is 2.27. The van der Waals surface area contributed by atoms with Crippen molar-refractivity contribution in [1.29, 1.82) is 0 Å². The van der Waals surface area contributed by atoms with E-state index in [-0.39, 0.29) is 0 Å². The van der Waals surface area contributed by atoms with Gasteiger partial charge in [0.05, 0.1) is 16.4 Å². The molecule has 0 unspecified atom stereocenters. The molecule has 2 aromatic heterocycles. The topological polar surface area (TPSA) is 50.1 Å². The Morgan fingerprint density at radius 1 is 0.962 bits per heavy atom. The Labute approximate surface area is 161 Å². The van der Waals surface area contributed by atoms with Gasteiger partial charge < -0.3 is 9.80 Å². The van der Waals surface area contributed by atoms with E-state index in [0.29, 0.717) is 0 Å². The summed E-state index contributed by atoms with van der Waals surface area (Å²) in [6.07, 6.45) is 3.88. The zero-order valence-electron chi connectivity index (χ0n) is 14.9. The second-order valence-electron chi connectivity index (χ2n) is 6.58. The number of likely N-dealkylation sites (N-methyl/N-ethyl adjacent to an activating group) is 1. The van der Waals surface area contributed by atoms with E-state index >= 15 is 0 Å². The highest BCUT2D eigenvalue weighted by Gasteiger charge is 2.20. The maximum atomic E-state index is 4.81. The van der Waals surface area contributed by atoms with Gasteiger partial charge in [0.15, 0.2) is 5.82 Å². The molecule has 0 aliphatic carbocycles. The van der Waals surface area contributed by atoms with Gasteiger partial charge in [-0.15, -0.1) is 0 Å². The maximum Gasteiger partial charge on any atom is 0.227 e. The molecule has 0 spiro atoms. The van der Waals surface area contributed by atoms with Gasteiger partial charge in [0.2, 0.25) is 5.95 Å². The molecule has 0 amide bonds. The minimum absolute atomic E-state index is 0.769. The average Bonchev–Trinajstić information content (AvgIpc) is 3.15. The summed E-state index contributed by atoms with van der Waals surface area (Å²) >= 11 is 3.64. The molecular weight excluding hydrogens is 392 g/mol. The number of benzene rings is 1. The summed E-state index contributed by atoms with van der Waals surface area (Å²) in [6.45, 7) is 5.91. The monoisotopic (exact) mass is 412 g/mol. The van der Waals surface area contributed by atoms with Crippen molar-refractivity contribution in [2.75, 3.05) is 38.1 Å². The third-order valence-corrected chi connectivity index (χ3v) is 5.61. The Kier molecular flexibility index (Phi) is 4.74. The molecule has 1 aromatic carbocycles. The molecule has 26 heavy (non-hydrogen) atoms. The molecule has 1 aliphatic heterocycles. The fraction of sp³-hybridized carbons (Fsp3) is 0.316. The molecule has 3 aromatic rings. The molecule has 0 N–H and O–H groups in total. The quantitative estimate of drug-likeness (QED) is 0.661. The van der Waals surface area contributed by atoms with Gasteiger partial charge in [-0.25, -0.2) is 9.67 Å². The fourth-order valence-corrected chi connectivity index (χ4v) is 3.41. The van der Waals surface area contributed by atoms with Crippen LogP contribution in [0.4, 0.5) is 5.95 Å². The third kappa shape index (κ3) is 3.37. The Balaban J connectivity index is 1.69. The first-order chi connectivity index (χ1) is 12.6. The van der Waals surface area contributed by atoms with Gasteiger partial charge in [-0.3, -0.25) is 0 Å². The van der Waals surface area contributed by atoms with E-state index in [4.69, 9.17) is 4.98 Å². The van der Waals surface area contributed by atoms with E-state index in [9.17, 15) is 0 Å². The number of aromatic nitrogens is 4. The van der Waals surface area contributed by atoms with E-state index in [1.807, 2.05) is 42.2 Å². The second-order valence-corrected chi connectivity index (χ2v) is 7.37. The van der Waals surface area contributed by atoms with Crippen LogP contribution in [0.2, 0.25) is 0 Å². The lowest BCUT2D eigenvalue weighted by Crippen LogP contribution is -2.45. The summed E-state index contributed by atoms with van der Waals surface area (Å²) in [7, 11) is 2.14. The van der Waals surface area contributed by atoms with Crippen molar-refractivity contribution in [2.24, 2.45) is 0 Å². The van der Waals surface area contributed by atoms with Crippen LogP contribution in [0.25, 0.3) is 16.9 Å². The third-order valence-electron chi connectivity index (χ3n) is 4.68. The summed E-state index contributed by atoms with van der Waals surface area (Å²) in [5.41, 5.74) is 3.12. The van der Waals surface area contributed by atoms with Gasteiger partial charge in [-0.1, -0.05) is 30.3 Å². The predicted octanol–water partition coefficient (Wildman–Crippen LogP) is 3.15. The van der Waals surface area contributed by atoms with Gasteiger partial charge in [0.25, 0.3) is 0 Å². The molecular formula is C19H21BrN6. The van der Waals surface area contributed by atoms with Crippen molar-refractivity contribution in [3.05, 3.63) is 52.9 Å². The Bertz CT molecular complexity index is 900. The van der Waals surface area contributed by atoms with Crippen molar-refractivity contribution in [3.63, 3.8) is 0 Å². The zero-order chi connectivity index (χ0) is 18.1. The normalized spacial score (nSPS) is 15.4. The highest BCUT2D eigenvalue weighted by molar-refractivity contribution is 9.10. The Morgan fingerprint density at radius 2 is 1.69 bits per heavy atom. The first-order valence-corrected chi connectivity index (χ1v) is 9.49. The number of hydrogen-bond donors (Lipinski definition) is 0. The van der Waals surface area contributed by atoms with Crippen molar-refractivity contribution < 1.29 is 0 Å². The minimum Gasteiger partial charge on any atom is -0.338 e. The second kappa shape index (κ2) is 7.17. The van der Waals surface area contributed by atoms with Crippen LogP contribution in [0.5, 0.6) is 0 Å². The first kappa shape index (κ1) is 17.2. The summed E-state index contributed by atoms with van der Waals surface area (Å²) in [6, 6.07) is 10.2. The van der Waals surface area contributed by atoms with E-state index in [1.165, 1.54) is 0 Å². The van der Waals surface area contributed by atoms with Crippen LogP contribution in [-0.4, -0.2) is 57.9 Å². The van der Waals surface area contributed by atoms with Gasteiger partial charge in [-0.2, -0.15) is 10.1 Å². The molecule has 0 radical (unpaired) electrons. The Morgan fingerprint density at radius 3 is 2.42 bits per heavy atom. The SMILES string of the molecule is Cc1nc(N2CCN(C)CC2)nc(-n2cc(-c3ccccc3)cn2)c1Br. The fourth-order valence-electron chi connectivity index (χ4n) is 3.05. The van der Waals surface area contributed by atoms with Gasteiger partial charge >= 0.3 is 0 Å². The number of nitrogens with zero attached hydrogens (tertiary/aromatic N) is 6. The number of halogens is 1. The smallest absolute Gasteiger partial charge is 0.227 e. The zero-order valence-corrected chi connectivity index (χ0v) is 16.5. The van der Waals surface area contributed by atoms with Crippen molar-refractivity contribution in [1.82, 2.24) is 24.6 Å². The van der Waals surface area contributed by atoms with Crippen molar-refractivity contribution in [2.45, 2.75) is 6.92 Å². The number of piperazine rings is 1. The molecule has 4 rings (SSSR count). The molecule has 0 saturated carbocycles. The summed E-state index contributed by atoms with van der Waals surface area (Å²) in [5, 5.41) is 4.53. The summed E-state index contributed by atoms with van der Waals surface area (Å²) in [4.78, 5) is 14.1. The largest absolute Gasteiger partial charge is 0.338 e. The molecule has 0 atom stereocenters. The average molecular weight is 413 g/mol. The lowest BCUT2D eigenvalue weighted by Gasteiger charge is -2.32. The summed E-state index contributed by atoms with van der Waals surface area (Å²) in [5.74, 6) is 1.54. The van der Waals surface area contributed by atoms with Crippen LogP contribution in [0.3, 0.4) is 0 Å². The molecule has 1 fully saturated rings. The van der Waals surface area contributed by atoms with Crippen LogP contribution in [0, 0.1) is 6.92 Å². The Hall–Kier alpha value is -2.25. The molecule has 1 aliphatic rings. The predicted molar refractivity (Wildman–Crippen MR) is 107 cm³/mol. The van der Waals surface area contributed by atoms with E-state index in [1.54, 1.807) is 0 Å². The van der Waals surface area contributed by atoms with E-state index in [2.05, 4.69) is 55.0 Å².